The van der Waals surface area contributed by atoms with E-state index < -0.39 is 5.91 Å². The molecule has 0 saturated carbocycles. The third-order valence-electron chi connectivity index (χ3n) is 3.99. The minimum absolute atomic E-state index is 0.228. The van der Waals surface area contributed by atoms with Crippen LogP contribution in [-0.2, 0) is 0 Å². The van der Waals surface area contributed by atoms with Crippen molar-refractivity contribution in [1.29, 1.82) is 0 Å². The maximum absolute atomic E-state index is 12.7. The lowest BCUT2D eigenvalue weighted by molar-refractivity contribution is 0.0955. The fraction of sp³-hybridized carbons (Fsp3) is 0.158. The number of rotatable bonds is 4. The Labute approximate surface area is 150 Å². The van der Waals surface area contributed by atoms with Crippen LogP contribution in [0.1, 0.15) is 32.7 Å². The average molecular weight is 349 g/mol. The molecule has 3 rings (SSSR count). The second kappa shape index (κ2) is 7.18. The number of hydrazone groups is 1. The van der Waals surface area contributed by atoms with Gasteiger partial charge in [-0.25, -0.2) is 10.1 Å². The second-order valence-corrected chi connectivity index (χ2v) is 6.02. The van der Waals surface area contributed by atoms with Gasteiger partial charge in [0.25, 0.3) is 11.5 Å². The van der Waals surface area contributed by atoms with Gasteiger partial charge in [-0.15, -0.1) is 0 Å². The first-order valence-corrected chi connectivity index (χ1v) is 8.10. The molecular formula is C19H19N5O2. The molecular weight excluding hydrogens is 330 g/mol. The Morgan fingerprint density at radius 2 is 2.08 bits per heavy atom. The molecule has 1 aromatic carbocycles. The van der Waals surface area contributed by atoms with Crippen LogP contribution in [0.2, 0.25) is 0 Å². The van der Waals surface area contributed by atoms with Crippen molar-refractivity contribution in [3.05, 3.63) is 81.0 Å². The standard InChI is InChI=1S/C19H19N5O2/c1-12-6-7-17(13(2)9-12)24-19(26)16(14(3)23-24)11-21-22-18(25)15-5-4-8-20-10-15/h4-11,23H,1-3H3,(H,22,25)/b21-11+. The lowest BCUT2D eigenvalue weighted by Crippen LogP contribution is -2.20. The Morgan fingerprint density at radius 1 is 1.27 bits per heavy atom. The van der Waals surface area contributed by atoms with Gasteiger partial charge in [0.2, 0.25) is 0 Å². The lowest BCUT2D eigenvalue weighted by Gasteiger charge is -2.06. The van der Waals surface area contributed by atoms with Crippen molar-refractivity contribution < 1.29 is 4.79 Å². The number of H-pyrrole nitrogens is 1. The van der Waals surface area contributed by atoms with E-state index in [1.165, 1.54) is 17.1 Å². The quantitative estimate of drug-likeness (QED) is 0.559. The first kappa shape index (κ1) is 17.3. The van der Waals surface area contributed by atoms with E-state index in [4.69, 9.17) is 0 Å². The zero-order valence-corrected chi connectivity index (χ0v) is 14.8. The molecule has 7 heteroatoms. The van der Waals surface area contributed by atoms with Crippen LogP contribution in [0.15, 0.2) is 52.6 Å². The fourth-order valence-corrected chi connectivity index (χ4v) is 2.65. The van der Waals surface area contributed by atoms with E-state index in [9.17, 15) is 9.59 Å². The Bertz CT molecular complexity index is 1030. The molecule has 0 spiro atoms. The number of nitrogens with zero attached hydrogens (tertiary/aromatic N) is 3. The van der Waals surface area contributed by atoms with Crippen LogP contribution >= 0.6 is 0 Å². The van der Waals surface area contributed by atoms with Gasteiger partial charge >= 0.3 is 0 Å². The molecule has 2 N–H and O–H groups in total. The first-order chi connectivity index (χ1) is 12.5. The summed E-state index contributed by atoms with van der Waals surface area (Å²) >= 11 is 0. The van der Waals surface area contributed by atoms with Crippen LogP contribution < -0.4 is 11.0 Å². The summed E-state index contributed by atoms with van der Waals surface area (Å²) < 4.78 is 1.48. The number of carbonyl (C=O) groups is 1. The molecule has 0 unspecified atom stereocenters. The van der Waals surface area contributed by atoms with E-state index in [1.807, 2.05) is 32.0 Å². The van der Waals surface area contributed by atoms with Crippen molar-refractivity contribution in [3.8, 4) is 5.69 Å². The minimum Gasteiger partial charge on any atom is -0.295 e. The highest BCUT2D eigenvalue weighted by atomic mass is 16.2. The van der Waals surface area contributed by atoms with Crippen LogP contribution in [0.5, 0.6) is 0 Å². The SMILES string of the molecule is Cc1ccc(-n2[nH]c(C)c(/C=N/NC(=O)c3cccnc3)c2=O)c(C)c1. The number of carbonyl (C=O) groups excluding carboxylic acids is 1. The van der Waals surface area contributed by atoms with Gasteiger partial charge in [0, 0.05) is 18.1 Å². The Kier molecular flexibility index (Phi) is 4.79. The molecule has 26 heavy (non-hydrogen) atoms. The lowest BCUT2D eigenvalue weighted by atomic mass is 10.1. The number of amides is 1. The topological polar surface area (TPSA) is 92.1 Å². The van der Waals surface area contributed by atoms with Crippen molar-refractivity contribution in [1.82, 2.24) is 20.2 Å². The largest absolute Gasteiger partial charge is 0.295 e. The number of aromatic nitrogens is 3. The maximum Gasteiger partial charge on any atom is 0.280 e. The van der Waals surface area contributed by atoms with E-state index in [-0.39, 0.29) is 5.56 Å². The Hall–Kier alpha value is -3.48. The molecule has 0 fully saturated rings. The molecule has 0 atom stereocenters. The van der Waals surface area contributed by atoms with Crippen molar-refractivity contribution in [3.63, 3.8) is 0 Å². The van der Waals surface area contributed by atoms with Gasteiger partial charge in [0.05, 0.1) is 23.0 Å². The number of hydrogen-bond donors (Lipinski definition) is 2. The van der Waals surface area contributed by atoms with Crippen molar-refractivity contribution in [2.75, 3.05) is 0 Å². The monoisotopic (exact) mass is 349 g/mol. The third kappa shape index (κ3) is 3.46. The van der Waals surface area contributed by atoms with Gasteiger partial charge in [0.15, 0.2) is 0 Å². The minimum atomic E-state index is -0.391. The number of aryl methyl sites for hydroxylation is 3. The molecule has 0 aliphatic heterocycles. The highest BCUT2D eigenvalue weighted by Crippen LogP contribution is 2.14. The Morgan fingerprint density at radius 3 is 2.77 bits per heavy atom. The van der Waals surface area contributed by atoms with Crippen molar-refractivity contribution in [2.45, 2.75) is 20.8 Å². The molecule has 0 aliphatic rings. The van der Waals surface area contributed by atoms with E-state index in [2.05, 4.69) is 20.6 Å². The predicted octanol–water partition coefficient (Wildman–Crippen LogP) is 2.25. The number of pyridine rings is 1. The van der Waals surface area contributed by atoms with E-state index in [0.717, 1.165) is 16.8 Å². The number of nitrogens with one attached hydrogen (secondary N) is 2. The van der Waals surface area contributed by atoms with Crippen LogP contribution in [0, 0.1) is 20.8 Å². The zero-order valence-electron chi connectivity index (χ0n) is 14.8. The molecule has 2 heterocycles. The second-order valence-electron chi connectivity index (χ2n) is 6.02. The summed E-state index contributed by atoms with van der Waals surface area (Å²) in [6.07, 6.45) is 4.38. The molecule has 0 bridgehead atoms. The van der Waals surface area contributed by atoms with Gasteiger partial charge in [-0.1, -0.05) is 17.7 Å². The van der Waals surface area contributed by atoms with Gasteiger partial charge in [-0.05, 0) is 44.5 Å². The van der Waals surface area contributed by atoms with E-state index in [1.54, 1.807) is 25.3 Å². The summed E-state index contributed by atoms with van der Waals surface area (Å²) in [5.41, 5.74) is 6.50. The summed E-state index contributed by atoms with van der Waals surface area (Å²) in [5.74, 6) is -0.391. The van der Waals surface area contributed by atoms with Crippen molar-refractivity contribution >= 4 is 12.1 Å². The van der Waals surface area contributed by atoms with Crippen LogP contribution in [0.4, 0.5) is 0 Å². The average Bonchev–Trinajstić information content (AvgIpc) is 2.90. The van der Waals surface area contributed by atoms with E-state index in [0.29, 0.717) is 16.8 Å². The predicted molar refractivity (Wildman–Crippen MR) is 99.9 cm³/mol. The number of hydrogen-bond acceptors (Lipinski definition) is 4. The molecule has 0 radical (unpaired) electrons. The summed E-state index contributed by atoms with van der Waals surface area (Å²) in [4.78, 5) is 28.5. The van der Waals surface area contributed by atoms with E-state index >= 15 is 0 Å². The number of benzene rings is 1. The zero-order chi connectivity index (χ0) is 18.7. The van der Waals surface area contributed by atoms with Crippen molar-refractivity contribution in [2.24, 2.45) is 5.10 Å². The molecule has 2 aromatic heterocycles. The Balaban J connectivity index is 1.84. The normalized spacial score (nSPS) is 11.0. The smallest absolute Gasteiger partial charge is 0.280 e. The van der Waals surface area contributed by atoms with Gasteiger partial charge in [-0.2, -0.15) is 5.10 Å². The summed E-state index contributed by atoms with van der Waals surface area (Å²) in [5, 5.41) is 6.95. The molecule has 7 nitrogen and oxygen atoms in total. The van der Waals surface area contributed by atoms with Crippen LogP contribution in [-0.4, -0.2) is 26.9 Å². The highest BCUT2D eigenvalue weighted by Gasteiger charge is 2.12. The number of aromatic amines is 1. The maximum atomic E-state index is 12.7. The van der Waals surface area contributed by atoms with Gasteiger partial charge in [0.1, 0.15) is 0 Å². The molecule has 3 aromatic rings. The van der Waals surface area contributed by atoms with Crippen LogP contribution in [0.3, 0.4) is 0 Å². The molecule has 1 amide bonds. The summed E-state index contributed by atoms with van der Waals surface area (Å²) in [6, 6.07) is 9.16. The molecule has 0 saturated heterocycles. The highest BCUT2D eigenvalue weighted by molar-refractivity contribution is 5.94. The van der Waals surface area contributed by atoms with Gasteiger partial charge < -0.3 is 0 Å². The van der Waals surface area contributed by atoms with Gasteiger partial charge in [-0.3, -0.25) is 19.7 Å². The van der Waals surface area contributed by atoms with Crippen LogP contribution in [0.25, 0.3) is 5.69 Å². The molecule has 132 valence electrons. The molecule has 0 aliphatic carbocycles. The summed E-state index contributed by atoms with van der Waals surface area (Å²) in [6.45, 7) is 5.74. The fourth-order valence-electron chi connectivity index (χ4n) is 2.65. The summed E-state index contributed by atoms with van der Waals surface area (Å²) in [7, 11) is 0. The first-order valence-electron chi connectivity index (χ1n) is 8.10. The third-order valence-corrected chi connectivity index (χ3v) is 3.99.